The molecule has 2 aliphatic rings. The topological polar surface area (TPSA) is 21.3 Å². The summed E-state index contributed by atoms with van der Waals surface area (Å²) in [5.74, 6) is 1.02. The normalized spacial score (nSPS) is 18.9. The van der Waals surface area contributed by atoms with Gasteiger partial charge in [-0.3, -0.25) is 0 Å². The lowest BCUT2D eigenvalue weighted by molar-refractivity contribution is 0.0817. The van der Waals surface area contributed by atoms with Crippen LogP contribution in [0.1, 0.15) is 23.3 Å². The van der Waals surface area contributed by atoms with Crippen LogP contribution in [0.15, 0.2) is 60.7 Å². The Morgan fingerprint density at radius 1 is 0.958 bits per heavy atom. The number of hydrogen-bond donors (Lipinski definition) is 1. The van der Waals surface area contributed by atoms with Crippen LogP contribution in [-0.2, 0) is 0 Å². The molecule has 3 heterocycles. The number of benzene rings is 2. The minimum absolute atomic E-state index is 0.162. The molecule has 1 N–H and O–H groups in total. The average molecular weight is 333 g/mol. The number of fused-ring (bicyclic) bond motifs is 2. The maximum absolute atomic E-state index is 6.47. The Labute approximate surface area is 145 Å². The van der Waals surface area contributed by atoms with Gasteiger partial charge in [-0.15, -0.1) is 11.3 Å². The molecule has 3 aromatic rings. The van der Waals surface area contributed by atoms with Gasteiger partial charge in [0.25, 0.3) is 0 Å². The Kier molecular flexibility index (Phi) is 3.25. The van der Waals surface area contributed by atoms with E-state index in [2.05, 4.69) is 66.0 Å². The van der Waals surface area contributed by atoms with Crippen molar-refractivity contribution in [2.75, 3.05) is 13.1 Å². The number of thiophene rings is 1. The second-order valence-corrected chi connectivity index (χ2v) is 7.70. The summed E-state index contributed by atoms with van der Waals surface area (Å²) >= 11 is 1.88. The molecule has 1 spiro atoms. The molecule has 3 heteroatoms. The van der Waals surface area contributed by atoms with Gasteiger partial charge in [0.2, 0.25) is 0 Å². The molecule has 1 saturated heterocycles. The SMILES string of the molecule is C1=C(c2cc3ccccc3s2)c2ccccc2OC12CCNCC2. The van der Waals surface area contributed by atoms with Crippen molar-refractivity contribution in [3.05, 3.63) is 71.1 Å². The molecular weight excluding hydrogens is 314 g/mol. The second-order valence-electron chi connectivity index (χ2n) is 6.62. The molecule has 0 radical (unpaired) electrons. The highest BCUT2D eigenvalue weighted by Gasteiger charge is 2.37. The maximum Gasteiger partial charge on any atom is 0.130 e. The molecule has 1 fully saturated rings. The maximum atomic E-state index is 6.47. The van der Waals surface area contributed by atoms with Gasteiger partial charge in [0.1, 0.15) is 11.4 Å². The van der Waals surface area contributed by atoms with E-state index in [1.807, 2.05) is 11.3 Å². The molecule has 0 atom stereocenters. The highest BCUT2D eigenvalue weighted by Crippen LogP contribution is 2.44. The van der Waals surface area contributed by atoms with Crippen LogP contribution in [0.3, 0.4) is 0 Å². The number of rotatable bonds is 1. The fourth-order valence-corrected chi connectivity index (χ4v) is 4.88. The number of hydrogen-bond acceptors (Lipinski definition) is 3. The summed E-state index contributed by atoms with van der Waals surface area (Å²) in [6.45, 7) is 2.02. The van der Waals surface area contributed by atoms with Gasteiger partial charge >= 0.3 is 0 Å². The smallest absolute Gasteiger partial charge is 0.130 e. The molecule has 1 aromatic heterocycles. The molecule has 2 nitrogen and oxygen atoms in total. The van der Waals surface area contributed by atoms with Gasteiger partial charge in [-0.05, 0) is 42.8 Å². The first kappa shape index (κ1) is 14.3. The first-order chi connectivity index (χ1) is 11.8. The largest absolute Gasteiger partial charge is 0.482 e. The van der Waals surface area contributed by atoms with E-state index in [4.69, 9.17) is 4.74 Å². The van der Waals surface area contributed by atoms with E-state index in [-0.39, 0.29) is 5.60 Å². The molecule has 2 aromatic carbocycles. The standard InChI is InChI=1S/C21H19NOS/c1-4-8-19-15(5-1)13-20(24-19)17-14-21(9-11-22-12-10-21)23-18-7-3-2-6-16(17)18/h1-8,13-14,22H,9-12H2. The Bertz CT molecular complexity index is 901. The summed E-state index contributed by atoms with van der Waals surface area (Å²) in [5, 5.41) is 4.77. The van der Waals surface area contributed by atoms with Crippen molar-refractivity contribution in [3.63, 3.8) is 0 Å². The first-order valence-corrected chi connectivity index (χ1v) is 9.36. The van der Waals surface area contributed by atoms with Crippen molar-refractivity contribution in [1.29, 1.82) is 0 Å². The monoisotopic (exact) mass is 333 g/mol. The quantitative estimate of drug-likeness (QED) is 0.687. The predicted octanol–water partition coefficient (Wildman–Crippen LogP) is 4.85. The van der Waals surface area contributed by atoms with E-state index >= 15 is 0 Å². The van der Waals surface area contributed by atoms with Crippen molar-refractivity contribution >= 4 is 27.0 Å². The van der Waals surface area contributed by atoms with Crippen molar-refractivity contribution < 1.29 is 4.74 Å². The zero-order valence-electron chi connectivity index (χ0n) is 13.4. The van der Waals surface area contributed by atoms with Gasteiger partial charge in [-0.2, -0.15) is 0 Å². The second kappa shape index (κ2) is 5.47. The molecule has 0 saturated carbocycles. The first-order valence-electron chi connectivity index (χ1n) is 8.54. The van der Waals surface area contributed by atoms with E-state index in [9.17, 15) is 0 Å². The van der Waals surface area contributed by atoms with Crippen LogP contribution in [0, 0.1) is 0 Å². The molecule has 5 rings (SSSR count). The van der Waals surface area contributed by atoms with Crippen LogP contribution in [-0.4, -0.2) is 18.7 Å². The van der Waals surface area contributed by atoms with Crippen molar-refractivity contribution in [3.8, 4) is 5.75 Å². The summed E-state index contributed by atoms with van der Waals surface area (Å²) in [6.07, 6.45) is 4.44. The summed E-state index contributed by atoms with van der Waals surface area (Å²) in [4.78, 5) is 1.34. The number of nitrogens with one attached hydrogen (secondary N) is 1. The lowest BCUT2D eigenvalue weighted by Crippen LogP contribution is -2.46. The van der Waals surface area contributed by atoms with Crippen LogP contribution >= 0.6 is 11.3 Å². The number of piperidine rings is 1. The average Bonchev–Trinajstić information content (AvgIpc) is 3.06. The molecule has 0 amide bonds. The van der Waals surface area contributed by atoms with Crippen LogP contribution in [0.4, 0.5) is 0 Å². The number of ether oxygens (including phenoxy) is 1. The van der Waals surface area contributed by atoms with Gasteiger partial charge in [0, 0.05) is 33.6 Å². The molecule has 24 heavy (non-hydrogen) atoms. The summed E-state index contributed by atoms with van der Waals surface area (Å²) < 4.78 is 7.82. The zero-order valence-corrected chi connectivity index (χ0v) is 14.2. The Morgan fingerprint density at radius 3 is 2.62 bits per heavy atom. The van der Waals surface area contributed by atoms with E-state index in [1.165, 1.54) is 26.1 Å². The van der Waals surface area contributed by atoms with Gasteiger partial charge in [0.15, 0.2) is 0 Å². The molecule has 120 valence electrons. The molecule has 0 aliphatic carbocycles. The van der Waals surface area contributed by atoms with Gasteiger partial charge in [-0.1, -0.05) is 36.4 Å². The Balaban J connectivity index is 1.70. The minimum atomic E-state index is -0.162. The zero-order chi connectivity index (χ0) is 16.0. The summed E-state index contributed by atoms with van der Waals surface area (Å²) in [6, 6.07) is 19.4. The molecule has 0 bridgehead atoms. The third kappa shape index (κ3) is 2.27. The third-order valence-electron chi connectivity index (χ3n) is 5.04. The molecule has 0 unspecified atom stereocenters. The van der Waals surface area contributed by atoms with E-state index < -0.39 is 0 Å². The highest BCUT2D eigenvalue weighted by atomic mass is 32.1. The fourth-order valence-electron chi connectivity index (χ4n) is 3.78. The number of para-hydroxylation sites is 1. The van der Waals surface area contributed by atoms with Gasteiger partial charge in [-0.25, -0.2) is 0 Å². The van der Waals surface area contributed by atoms with E-state index in [1.54, 1.807) is 0 Å². The Morgan fingerprint density at radius 2 is 1.75 bits per heavy atom. The highest BCUT2D eigenvalue weighted by molar-refractivity contribution is 7.20. The van der Waals surface area contributed by atoms with Crippen LogP contribution in [0.2, 0.25) is 0 Å². The van der Waals surface area contributed by atoms with Crippen molar-refractivity contribution in [2.45, 2.75) is 18.4 Å². The van der Waals surface area contributed by atoms with Gasteiger partial charge in [0.05, 0.1) is 0 Å². The van der Waals surface area contributed by atoms with E-state index in [0.29, 0.717) is 0 Å². The summed E-state index contributed by atoms with van der Waals surface area (Å²) in [5.41, 5.74) is 2.39. The van der Waals surface area contributed by atoms with Crippen LogP contribution < -0.4 is 10.1 Å². The van der Waals surface area contributed by atoms with Crippen molar-refractivity contribution in [2.24, 2.45) is 0 Å². The van der Waals surface area contributed by atoms with Crippen molar-refractivity contribution in [1.82, 2.24) is 5.32 Å². The Hall–Kier alpha value is -2.10. The van der Waals surface area contributed by atoms with Crippen LogP contribution in [0.25, 0.3) is 15.7 Å². The van der Waals surface area contributed by atoms with Gasteiger partial charge < -0.3 is 10.1 Å². The van der Waals surface area contributed by atoms with E-state index in [0.717, 1.165) is 31.7 Å². The summed E-state index contributed by atoms with van der Waals surface area (Å²) in [7, 11) is 0. The molecular formula is C21H19NOS. The third-order valence-corrected chi connectivity index (χ3v) is 6.19. The lowest BCUT2D eigenvalue weighted by atomic mass is 9.85. The van der Waals surface area contributed by atoms with Crippen LogP contribution in [0.5, 0.6) is 5.75 Å². The fraction of sp³-hybridized carbons (Fsp3) is 0.238. The molecule has 2 aliphatic heterocycles. The lowest BCUT2D eigenvalue weighted by Gasteiger charge is -2.39. The predicted molar refractivity (Wildman–Crippen MR) is 101 cm³/mol. The minimum Gasteiger partial charge on any atom is -0.482 e.